The molecule has 0 heterocycles. The molecule has 1 aliphatic rings. The second-order valence-corrected chi connectivity index (χ2v) is 18.0. The van der Waals surface area contributed by atoms with E-state index in [1.54, 1.807) is 0 Å². The van der Waals surface area contributed by atoms with Gasteiger partial charge in [0.15, 0.2) is 0 Å². The minimum Gasteiger partial charge on any atom is -0.0622 e. The minimum absolute atomic E-state index is 0.325. The van der Waals surface area contributed by atoms with E-state index in [0.717, 1.165) is 0 Å². The second-order valence-electron chi connectivity index (χ2n) is 18.0. The highest BCUT2D eigenvalue weighted by Crippen LogP contribution is 2.55. The lowest BCUT2D eigenvalue weighted by Crippen LogP contribution is -2.22. The van der Waals surface area contributed by atoms with E-state index in [1.807, 2.05) is 0 Å². The third kappa shape index (κ3) is 5.85. The maximum atomic E-state index is 2.48. The standard InChI is InChI=1S/C66H44/c1-66(50-26-9-4-10-27-50)61-42-49(34-36-53(61)60-40-46-24-11-12-25-47(46)41-62(60)66)48-35-37-57(59(39-48)44-21-7-3-8-22-44)65-56-32-18-17-31-55(56)63(58-38-33-45-23-13-14-29-52(45)64(58)65)54-30-16-15-28-51(54)43-19-5-2-6-20-43/h2-42H,1H3. The Hall–Kier alpha value is -8.32. The number of hydrogen-bond donors (Lipinski definition) is 0. The van der Waals surface area contributed by atoms with Crippen molar-refractivity contribution in [1.29, 1.82) is 0 Å². The van der Waals surface area contributed by atoms with Crippen molar-refractivity contribution < 1.29 is 0 Å². The predicted molar refractivity (Wildman–Crippen MR) is 281 cm³/mol. The van der Waals surface area contributed by atoms with E-state index in [-0.39, 0.29) is 5.41 Å². The van der Waals surface area contributed by atoms with Gasteiger partial charge in [-0.1, -0.05) is 224 Å². The van der Waals surface area contributed by atoms with Crippen LogP contribution in [0, 0.1) is 0 Å². The van der Waals surface area contributed by atoms with Gasteiger partial charge >= 0.3 is 0 Å². The average Bonchev–Trinajstić information content (AvgIpc) is 3.64. The Kier molecular flexibility index (Phi) is 8.76. The lowest BCUT2D eigenvalue weighted by atomic mass is 9.73. The van der Waals surface area contributed by atoms with E-state index in [9.17, 15) is 0 Å². The van der Waals surface area contributed by atoms with Crippen molar-refractivity contribution >= 4 is 43.1 Å². The summed E-state index contributed by atoms with van der Waals surface area (Å²) in [7, 11) is 0. The molecular weight excluding hydrogens is 793 g/mol. The molecule has 0 bridgehead atoms. The van der Waals surface area contributed by atoms with Crippen molar-refractivity contribution in [3.05, 3.63) is 265 Å². The Balaban J connectivity index is 1.07. The maximum Gasteiger partial charge on any atom is 0.0435 e. The summed E-state index contributed by atoms with van der Waals surface area (Å²) in [6.07, 6.45) is 0. The molecule has 12 aromatic rings. The summed E-state index contributed by atoms with van der Waals surface area (Å²) < 4.78 is 0. The van der Waals surface area contributed by atoms with Crippen LogP contribution in [0.1, 0.15) is 23.6 Å². The highest BCUT2D eigenvalue weighted by molar-refractivity contribution is 6.29. The van der Waals surface area contributed by atoms with Gasteiger partial charge in [0.05, 0.1) is 0 Å². The summed E-state index contributed by atoms with van der Waals surface area (Å²) in [5.74, 6) is 0. The average molecular weight is 837 g/mol. The first-order valence-corrected chi connectivity index (χ1v) is 23.1. The van der Waals surface area contributed by atoms with Gasteiger partial charge in [0, 0.05) is 5.41 Å². The summed E-state index contributed by atoms with van der Waals surface area (Å²) in [5.41, 5.74) is 18.6. The maximum absolute atomic E-state index is 2.48. The quantitative estimate of drug-likeness (QED) is 0.116. The molecule has 0 nitrogen and oxygen atoms in total. The third-order valence-electron chi connectivity index (χ3n) is 14.5. The fraction of sp³-hybridized carbons (Fsp3) is 0.0303. The summed E-state index contributed by atoms with van der Waals surface area (Å²) in [5, 5.41) is 10.0. The van der Waals surface area contributed by atoms with Gasteiger partial charge in [0.25, 0.3) is 0 Å². The molecule has 66 heavy (non-hydrogen) atoms. The highest BCUT2D eigenvalue weighted by Gasteiger charge is 2.41. The van der Waals surface area contributed by atoms with Gasteiger partial charge < -0.3 is 0 Å². The van der Waals surface area contributed by atoms with Crippen LogP contribution in [0.4, 0.5) is 0 Å². The van der Waals surface area contributed by atoms with Gasteiger partial charge in [-0.05, 0) is 158 Å². The molecule has 0 radical (unpaired) electrons. The van der Waals surface area contributed by atoms with Crippen LogP contribution < -0.4 is 0 Å². The molecule has 1 atom stereocenters. The van der Waals surface area contributed by atoms with Crippen molar-refractivity contribution in [2.24, 2.45) is 0 Å². The molecule has 0 saturated heterocycles. The van der Waals surface area contributed by atoms with Crippen LogP contribution in [0.5, 0.6) is 0 Å². The van der Waals surface area contributed by atoms with E-state index in [4.69, 9.17) is 0 Å². The first-order valence-electron chi connectivity index (χ1n) is 23.1. The topological polar surface area (TPSA) is 0 Å². The Morgan fingerprint density at radius 2 is 0.758 bits per heavy atom. The molecule has 1 unspecified atom stereocenters. The molecule has 0 fully saturated rings. The predicted octanol–water partition coefficient (Wildman–Crippen LogP) is 18.0. The molecule has 13 rings (SSSR count). The molecule has 1 aliphatic carbocycles. The number of fused-ring (bicyclic) bond motifs is 8. The normalized spacial score (nSPS) is 14.2. The fourth-order valence-electron chi connectivity index (χ4n) is 11.4. The van der Waals surface area contributed by atoms with Crippen molar-refractivity contribution in [3.63, 3.8) is 0 Å². The van der Waals surface area contributed by atoms with Crippen LogP contribution in [0.2, 0.25) is 0 Å². The minimum atomic E-state index is -0.325. The third-order valence-corrected chi connectivity index (χ3v) is 14.5. The van der Waals surface area contributed by atoms with Crippen LogP contribution in [0.3, 0.4) is 0 Å². The molecule has 0 saturated carbocycles. The summed E-state index contributed by atoms with van der Waals surface area (Å²) in [6, 6.07) is 92.6. The Morgan fingerprint density at radius 3 is 1.47 bits per heavy atom. The van der Waals surface area contributed by atoms with E-state index in [0.29, 0.717) is 0 Å². The Bertz CT molecular complexity index is 3860. The number of rotatable bonds is 6. The first-order chi connectivity index (χ1) is 32.6. The van der Waals surface area contributed by atoms with Crippen LogP contribution in [-0.2, 0) is 5.41 Å². The van der Waals surface area contributed by atoms with Crippen molar-refractivity contribution in [3.8, 4) is 66.8 Å². The zero-order chi connectivity index (χ0) is 43.8. The zero-order valence-corrected chi connectivity index (χ0v) is 36.7. The SMILES string of the molecule is CC1(c2ccccc2)c2cc(-c3ccc(-c4c5ccccc5c(-c5ccccc5-c5ccccc5)c5ccc6ccccc6c45)c(-c4ccccc4)c3)ccc2-c2cc3ccccc3cc21. The van der Waals surface area contributed by atoms with E-state index < -0.39 is 0 Å². The largest absolute Gasteiger partial charge is 0.0622 e. The Labute approximate surface area is 385 Å². The summed E-state index contributed by atoms with van der Waals surface area (Å²) in [4.78, 5) is 0. The number of hydrogen-bond acceptors (Lipinski definition) is 0. The number of benzene rings is 12. The Morgan fingerprint density at radius 1 is 0.258 bits per heavy atom. The van der Waals surface area contributed by atoms with E-state index in [1.165, 1.54) is 127 Å². The first kappa shape index (κ1) is 38.2. The van der Waals surface area contributed by atoms with Gasteiger partial charge in [-0.3, -0.25) is 0 Å². The van der Waals surface area contributed by atoms with Crippen molar-refractivity contribution in [1.82, 2.24) is 0 Å². The van der Waals surface area contributed by atoms with E-state index >= 15 is 0 Å². The van der Waals surface area contributed by atoms with Crippen LogP contribution in [-0.4, -0.2) is 0 Å². The molecule has 0 spiro atoms. The molecule has 0 N–H and O–H groups in total. The van der Waals surface area contributed by atoms with Gasteiger partial charge in [-0.15, -0.1) is 0 Å². The molecule has 12 aromatic carbocycles. The monoisotopic (exact) mass is 836 g/mol. The van der Waals surface area contributed by atoms with Gasteiger partial charge in [-0.25, -0.2) is 0 Å². The van der Waals surface area contributed by atoms with Gasteiger partial charge in [0.1, 0.15) is 0 Å². The zero-order valence-electron chi connectivity index (χ0n) is 36.7. The van der Waals surface area contributed by atoms with Gasteiger partial charge in [-0.2, -0.15) is 0 Å². The second kappa shape index (κ2) is 15.2. The molecular formula is C66H44. The fourth-order valence-corrected chi connectivity index (χ4v) is 11.4. The van der Waals surface area contributed by atoms with Crippen LogP contribution in [0.25, 0.3) is 110 Å². The molecule has 0 amide bonds. The molecule has 0 heteroatoms. The smallest absolute Gasteiger partial charge is 0.0435 e. The van der Waals surface area contributed by atoms with Crippen molar-refractivity contribution in [2.75, 3.05) is 0 Å². The highest BCUT2D eigenvalue weighted by atomic mass is 14.4. The van der Waals surface area contributed by atoms with Crippen molar-refractivity contribution in [2.45, 2.75) is 12.3 Å². The van der Waals surface area contributed by atoms with E-state index in [2.05, 4.69) is 256 Å². The lowest BCUT2D eigenvalue weighted by molar-refractivity contribution is 0.715. The summed E-state index contributed by atoms with van der Waals surface area (Å²) in [6.45, 7) is 2.42. The van der Waals surface area contributed by atoms with Crippen LogP contribution >= 0.6 is 0 Å². The summed E-state index contributed by atoms with van der Waals surface area (Å²) >= 11 is 0. The molecule has 0 aliphatic heterocycles. The lowest BCUT2D eigenvalue weighted by Gasteiger charge is -2.29. The van der Waals surface area contributed by atoms with Crippen LogP contribution in [0.15, 0.2) is 249 Å². The van der Waals surface area contributed by atoms with Gasteiger partial charge in [0.2, 0.25) is 0 Å². The molecule has 0 aromatic heterocycles. The molecule has 308 valence electrons.